The van der Waals surface area contributed by atoms with Crippen molar-refractivity contribution < 1.29 is 14.4 Å². The monoisotopic (exact) mass is 371 g/mol. The lowest BCUT2D eigenvalue weighted by Crippen LogP contribution is -2.26. The SMILES string of the molecule is CCONC(=O)c1cc(-c2ccccc2Cl)nn1-c1ccc(OC)cc1. The molecule has 2 aromatic carbocycles. The van der Waals surface area contributed by atoms with E-state index in [2.05, 4.69) is 10.6 Å². The van der Waals surface area contributed by atoms with E-state index in [0.29, 0.717) is 34.5 Å². The quantitative estimate of drug-likeness (QED) is 0.668. The van der Waals surface area contributed by atoms with E-state index in [1.54, 1.807) is 43.0 Å². The van der Waals surface area contributed by atoms with E-state index in [4.69, 9.17) is 21.2 Å². The molecule has 0 aliphatic carbocycles. The average molecular weight is 372 g/mol. The maximum atomic E-state index is 12.5. The number of nitrogens with zero attached hydrogens (tertiary/aromatic N) is 2. The first-order valence-electron chi connectivity index (χ1n) is 8.05. The number of hydrogen-bond donors (Lipinski definition) is 1. The molecule has 1 heterocycles. The molecule has 3 aromatic rings. The minimum atomic E-state index is -0.395. The Morgan fingerprint density at radius 3 is 2.58 bits per heavy atom. The summed E-state index contributed by atoms with van der Waals surface area (Å²) in [6, 6.07) is 16.3. The molecule has 0 spiro atoms. The van der Waals surface area contributed by atoms with Gasteiger partial charge in [0, 0.05) is 5.56 Å². The molecule has 3 rings (SSSR count). The molecule has 0 bridgehead atoms. The molecule has 26 heavy (non-hydrogen) atoms. The first-order valence-corrected chi connectivity index (χ1v) is 8.43. The van der Waals surface area contributed by atoms with Crippen LogP contribution in [0.3, 0.4) is 0 Å². The summed E-state index contributed by atoms with van der Waals surface area (Å²) in [7, 11) is 1.60. The van der Waals surface area contributed by atoms with E-state index >= 15 is 0 Å². The van der Waals surface area contributed by atoms with Crippen LogP contribution in [0.4, 0.5) is 0 Å². The van der Waals surface area contributed by atoms with E-state index in [1.807, 2.05) is 30.3 Å². The second kappa shape index (κ2) is 8.03. The lowest BCUT2D eigenvalue weighted by molar-refractivity contribution is 0.0357. The zero-order valence-corrected chi connectivity index (χ0v) is 15.2. The van der Waals surface area contributed by atoms with Gasteiger partial charge in [0.05, 0.1) is 30.1 Å². The summed E-state index contributed by atoms with van der Waals surface area (Å²) in [4.78, 5) is 17.5. The van der Waals surface area contributed by atoms with Crippen molar-refractivity contribution in [3.8, 4) is 22.7 Å². The first kappa shape index (κ1) is 18.0. The van der Waals surface area contributed by atoms with Crippen LogP contribution >= 0.6 is 11.6 Å². The summed E-state index contributed by atoms with van der Waals surface area (Å²) in [5.74, 6) is 0.320. The Labute approximate surface area is 156 Å². The lowest BCUT2D eigenvalue weighted by Gasteiger charge is -2.08. The van der Waals surface area contributed by atoms with Crippen molar-refractivity contribution in [2.24, 2.45) is 0 Å². The highest BCUT2D eigenvalue weighted by molar-refractivity contribution is 6.33. The third kappa shape index (κ3) is 3.71. The molecular formula is C19H18ClN3O3. The van der Waals surface area contributed by atoms with Gasteiger partial charge in [0.1, 0.15) is 11.4 Å². The fraction of sp³-hybridized carbons (Fsp3) is 0.158. The number of benzene rings is 2. The van der Waals surface area contributed by atoms with Crippen LogP contribution in [0.5, 0.6) is 5.75 Å². The summed E-state index contributed by atoms with van der Waals surface area (Å²) < 4.78 is 6.73. The van der Waals surface area contributed by atoms with Crippen LogP contribution in [0.2, 0.25) is 5.02 Å². The van der Waals surface area contributed by atoms with Gasteiger partial charge in [-0.2, -0.15) is 5.10 Å². The molecule has 0 unspecified atom stereocenters. The van der Waals surface area contributed by atoms with Crippen molar-refractivity contribution >= 4 is 17.5 Å². The average Bonchev–Trinajstić information content (AvgIpc) is 3.11. The van der Waals surface area contributed by atoms with E-state index in [9.17, 15) is 4.79 Å². The number of nitrogens with one attached hydrogen (secondary N) is 1. The van der Waals surface area contributed by atoms with Crippen LogP contribution in [0.15, 0.2) is 54.6 Å². The normalized spacial score (nSPS) is 10.6. The maximum absolute atomic E-state index is 12.5. The van der Waals surface area contributed by atoms with Crippen LogP contribution < -0.4 is 10.2 Å². The Balaban J connectivity index is 2.08. The predicted molar refractivity (Wildman–Crippen MR) is 99.7 cm³/mol. The summed E-state index contributed by atoms with van der Waals surface area (Å²) in [6.45, 7) is 2.15. The van der Waals surface area contributed by atoms with Gasteiger partial charge in [0.25, 0.3) is 5.91 Å². The molecule has 6 nitrogen and oxygen atoms in total. The summed E-state index contributed by atoms with van der Waals surface area (Å²) >= 11 is 6.28. The van der Waals surface area contributed by atoms with Crippen molar-refractivity contribution in [3.05, 3.63) is 65.3 Å². The summed E-state index contributed by atoms with van der Waals surface area (Å²) in [6.07, 6.45) is 0. The lowest BCUT2D eigenvalue weighted by atomic mass is 10.1. The highest BCUT2D eigenvalue weighted by Gasteiger charge is 2.19. The zero-order valence-electron chi connectivity index (χ0n) is 14.4. The minimum Gasteiger partial charge on any atom is -0.497 e. The number of ether oxygens (including phenoxy) is 1. The van der Waals surface area contributed by atoms with Crippen LogP contribution in [-0.2, 0) is 4.84 Å². The largest absolute Gasteiger partial charge is 0.497 e. The highest BCUT2D eigenvalue weighted by atomic mass is 35.5. The van der Waals surface area contributed by atoms with Crippen molar-refractivity contribution in [1.82, 2.24) is 15.3 Å². The van der Waals surface area contributed by atoms with Crippen LogP contribution in [-0.4, -0.2) is 29.4 Å². The molecule has 0 aliphatic heterocycles. The Kier molecular flexibility index (Phi) is 5.55. The Bertz CT molecular complexity index is 907. The Hall–Kier alpha value is -2.83. The molecule has 1 amide bonds. The number of hydrogen-bond acceptors (Lipinski definition) is 4. The van der Waals surface area contributed by atoms with Crippen LogP contribution in [0, 0.1) is 0 Å². The number of carbonyl (C=O) groups excluding carboxylic acids is 1. The Morgan fingerprint density at radius 2 is 1.92 bits per heavy atom. The number of halogens is 1. The van der Waals surface area contributed by atoms with Gasteiger partial charge in [-0.25, -0.2) is 10.2 Å². The highest BCUT2D eigenvalue weighted by Crippen LogP contribution is 2.28. The van der Waals surface area contributed by atoms with E-state index in [-0.39, 0.29) is 0 Å². The second-order valence-electron chi connectivity index (χ2n) is 5.37. The van der Waals surface area contributed by atoms with Gasteiger partial charge in [-0.1, -0.05) is 29.8 Å². The third-order valence-corrected chi connectivity index (χ3v) is 4.05. The van der Waals surface area contributed by atoms with Gasteiger partial charge in [-0.05, 0) is 43.3 Å². The number of carbonyl (C=O) groups is 1. The molecule has 0 saturated heterocycles. The third-order valence-electron chi connectivity index (χ3n) is 3.72. The van der Waals surface area contributed by atoms with Crippen LogP contribution in [0.1, 0.15) is 17.4 Å². The Morgan fingerprint density at radius 1 is 1.19 bits per heavy atom. The van der Waals surface area contributed by atoms with E-state index < -0.39 is 5.91 Å². The number of methoxy groups -OCH3 is 1. The van der Waals surface area contributed by atoms with Gasteiger partial charge in [-0.3, -0.25) is 9.63 Å². The smallest absolute Gasteiger partial charge is 0.293 e. The zero-order chi connectivity index (χ0) is 18.5. The predicted octanol–water partition coefficient (Wildman–Crippen LogP) is 3.88. The summed E-state index contributed by atoms with van der Waals surface area (Å²) in [5, 5.41) is 5.13. The fourth-order valence-electron chi connectivity index (χ4n) is 2.45. The molecule has 1 aromatic heterocycles. The van der Waals surface area contributed by atoms with Crippen molar-refractivity contribution in [3.63, 3.8) is 0 Å². The molecule has 0 saturated carbocycles. The van der Waals surface area contributed by atoms with Crippen molar-refractivity contribution in [2.75, 3.05) is 13.7 Å². The molecule has 7 heteroatoms. The molecule has 0 radical (unpaired) electrons. The number of hydroxylamine groups is 1. The topological polar surface area (TPSA) is 65.4 Å². The minimum absolute atomic E-state index is 0.332. The first-order chi connectivity index (χ1) is 12.6. The molecule has 0 fully saturated rings. The van der Waals surface area contributed by atoms with Gasteiger partial charge in [0.2, 0.25) is 0 Å². The van der Waals surface area contributed by atoms with Gasteiger partial charge in [0.15, 0.2) is 0 Å². The van der Waals surface area contributed by atoms with E-state index in [0.717, 1.165) is 5.56 Å². The number of aromatic nitrogens is 2. The maximum Gasteiger partial charge on any atom is 0.293 e. The standard InChI is InChI=1S/C19H18ClN3O3/c1-3-26-22-19(24)18-12-17(15-6-4-5-7-16(15)20)21-23(18)13-8-10-14(25-2)11-9-13/h4-12H,3H2,1-2H3,(H,22,24). The van der Waals surface area contributed by atoms with Crippen LogP contribution in [0.25, 0.3) is 16.9 Å². The van der Waals surface area contributed by atoms with Crippen molar-refractivity contribution in [1.29, 1.82) is 0 Å². The molecule has 134 valence electrons. The number of rotatable bonds is 6. The van der Waals surface area contributed by atoms with Crippen molar-refractivity contribution in [2.45, 2.75) is 6.92 Å². The number of amides is 1. The van der Waals surface area contributed by atoms with Gasteiger partial charge < -0.3 is 4.74 Å². The molecule has 0 aliphatic rings. The molecule has 0 atom stereocenters. The molecular weight excluding hydrogens is 354 g/mol. The second-order valence-corrected chi connectivity index (χ2v) is 5.78. The van der Waals surface area contributed by atoms with E-state index in [1.165, 1.54) is 0 Å². The summed E-state index contributed by atoms with van der Waals surface area (Å²) in [5.41, 5.74) is 4.78. The van der Waals surface area contributed by atoms with Gasteiger partial charge in [-0.15, -0.1) is 0 Å². The molecule has 1 N–H and O–H groups in total. The van der Waals surface area contributed by atoms with Gasteiger partial charge >= 0.3 is 0 Å². The fourth-order valence-corrected chi connectivity index (χ4v) is 2.69.